The molecule has 0 aromatic heterocycles. The van der Waals surface area contributed by atoms with Gasteiger partial charge in [0, 0.05) is 0 Å². The van der Waals surface area contributed by atoms with Crippen molar-refractivity contribution in [1.82, 2.24) is 0 Å². The molecule has 2 nitrogen and oxygen atoms in total. The highest BCUT2D eigenvalue weighted by Crippen LogP contribution is 2.09. The lowest BCUT2D eigenvalue weighted by molar-refractivity contribution is 0.197. The zero-order chi connectivity index (χ0) is 7.40. The molecule has 0 saturated heterocycles. The molecule has 0 aliphatic rings. The van der Waals surface area contributed by atoms with Gasteiger partial charge in [-0.25, -0.2) is 5.11 Å². The molecule has 1 aromatic rings. The molecule has 0 aliphatic carbocycles. The van der Waals surface area contributed by atoms with E-state index in [1.807, 2.05) is 0 Å². The van der Waals surface area contributed by atoms with Crippen molar-refractivity contribution in [2.75, 3.05) is 6.61 Å². The molecule has 0 atom stereocenters. The normalized spacial score (nSPS) is 9.70. The van der Waals surface area contributed by atoms with Crippen LogP contribution in [0.4, 0.5) is 0 Å². The first-order valence-electron chi connectivity index (χ1n) is 3.19. The van der Waals surface area contributed by atoms with Crippen LogP contribution < -0.4 is 0 Å². The van der Waals surface area contributed by atoms with Gasteiger partial charge in [0.25, 0.3) is 0 Å². The summed E-state index contributed by atoms with van der Waals surface area (Å²) in [5.74, 6) is 0.245. The van der Waals surface area contributed by atoms with Crippen molar-refractivity contribution in [3.63, 3.8) is 0 Å². The van der Waals surface area contributed by atoms with E-state index in [-0.39, 0.29) is 12.4 Å². The fourth-order valence-corrected chi connectivity index (χ4v) is 0.780. The number of benzene rings is 1. The summed E-state index contributed by atoms with van der Waals surface area (Å²) in [6, 6.07) is 6.69. The SMILES string of the molecule is [O]CCc1ccc(O)cc1. The van der Waals surface area contributed by atoms with Gasteiger partial charge in [-0.3, -0.25) is 0 Å². The Kier molecular flexibility index (Phi) is 2.29. The maximum Gasteiger partial charge on any atom is 0.115 e. The lowest BCUT2D eigenvalue weighted by Crippen LogP contribution is -1.87. The van der Waals surface area contributed by atoms with E-state index in [4.69, 9.17) is 5.11 Å². The molecule has 1 radical (unpaired) electrons. The summed E-state index contributed by atoms with van der Waals surface area (Å²) in [7, 11) is 0. The van der Waals surface area contributed by atoms with Crippen LogP contribution in [0, 0.1) is 0 Å². The van der Waals surface area contributed by atoms with E-state index in [0.29, 0.717) is 6.42 Å². The molecule has 0 bridgehead atoms. The van der Waals surface area contributed by atoms with E-state index in [2.05, 4.69) is 0 Å². The number of phenolic OH excluding ortho intramolecular Hbond substituents is 1. The number of rotatable bonds is 2. The molecular weight excluding hydrogens is 128 g/mol. The van der Waals surface area contributed by atoms with Crippen molar-refractivity contribution >= 4 is 0 Å². The highest BCUT2D eigenvalue weighted by atomic mass is 16.3. The summed E-state index contributed by atoms with van der Waals surface area (Å²) in [6.45, 7) is -0.0925. The van der Waals surface area contributed by atoms with Crippen molar-refractivity contribution in [3.8, 4) is 5.75 Å². The van der Waals surface area contributed by atoms with E-state index < -0.39 is 0 Å². The second kappa shape index (κ2) is 3.22. The third-order valence-corrected chi connectivity index (χ3v) is 1.33. The maximum absolute atomic E-state index is 10.1. The lowest BCUT2D eigenvalue weighted by atomic mass is 10.2. The fraction of sp³-hybridized carbons (Fsp3) is 0.250. The Morgan fingerprint density at radius 3 is 2.30 bits per heavy atom. The minimum Gasteiger partial charge on any atom is -0.508 e. The minimum absolute atomic E-state index is 0.0925. The van der Waals surface area contributed by atoms with Crippen LogP contribution in [0.5, 0.6) is 5.75 Å². The van der Waals surface area contributed by atoms with Crippen molar-refractivity contribution in [1.29, 1.82) is 0 Å². The molecule has 1 N–H and O–H groups in total. The predicted molar refractivity (Wildman–Crippen MR) is 37.4 cm³/mol. The van der Waals surface area contributed by atoms with Crippen molar-refractivity contribution in [3.05, 3.63) is 29.8 Å². The molecular formula is C8H9O2. The highest BCUT2D eigenvalue weighted by Gasteiger charge is 1.90. The number of phenols is 1. The zero-order valence-electron chi connectivity index (χ0n) is 5.58. The van der Waals surface area contributed by atoms with Gasteiger partial charge in [-0.15, -0.1) is 0 Å². The number of aromatic hydroxyl groups is 1. The Morgan fingerprint density at radius 1 is 1.20 bits per heavy atom. The molecule has 0 spiro atoms. The first-order valence-corrected chi connectivity index (χ1v) is 3.19. The van der Waals surface area contributed by atoms with Gasteiger partial charge in [0.15, 0.2) is 0 Å². The van der Waals surface area contributed by atoms with Gasteiger partial charge < -0.3 is 5.11 Å². The Balaban J connectivity index is 2.69. The van der Waals surface area contributed by atoms with Gasteiger partial charge in [-0.2, -0.15) is 0 Å². The molecule has 0 fully saturated rings. The molecule has 1 aromatic carbocycles. The van der Waals surface area contributed by atoms with Gasteiger partial charge in [-0.05, 0) is 24.1 Å². The summed E-state index contributed by atoms with van der Waals surface area (Å²) in [6.07, 6.45) is 0.542. The first-order chi connectivity index (χ1) is 4.83. The molecule has 0 amide bonds. The lowest BCUT2D eigenvalue weighted by Gasteiger charge is -1.95. The predicted octanol–water partition coefficient (Wildman–Crippen LogP) is 1.37. The largest absolute Gasteiger partial charge is 0.508 e. The van der Waals surface area contributed by atoms with Gasteiger partial charge in [0.1, 0.15) is 5.75 Å². The van der Waals surface area contributed by atoms with Crippen LogP contribution in [0.25, 0.3) is 0 Å². The van der Waals surface area contributed by atoms with Crippen LogP contribution in [0.1, 0.15) is 5.56 Å². The van der Waals surface area contributed by atoms with Crippen LogP contribution in [-0.2, 0) is 11.5 Å². The third-order valence-electron chi connectivity index (χ3n) is 1.33. The molecule has 0 unspecified atom stereocenters. The Morgan fingerprint density at radius 2 is 1.80 bits per heavy atom. The van der Waals surface area contributed by atoms with E-state index in [9.17, 15) is 5.11 Å². The van der Waals surface area contributed by atoms with Gasteiger partial charge >= 0.3 is 0 Å². The summed E-state index contributed by atoms with van der Waals surface area (Å²) in [4.78, 5) is 0. The van der Waals surface area contributed by atoms with Gasteiger partial charge in [-0.1, -0.05) is 12.1 Å². The second-order valence-corrected chi connectivity index (χ2v) is 2.12. The van der Waals surface area contributed by atoms with E-state index in [1.165, 1.54) is 0 Å². The second-order valence-electron chi connectivity index (χ2n) is 2.12. The first kappa shape index (κ1) is 7.09. The number of hydrogen-bond acceptors (Lipinski definition) is 1. The monoisotopic (exact) mass is 137 g/mol. The maximum atomic E-state index is 10.1. The zero-order valence-corrected chi connectivity index (χ0v) is 5.58. The Hall–Kier alpha value is -1.02. The third kappa shape index (κ3) is 1.74. The van der Waals surface area contributed by atoms with E-state index in [0.717, 1.165) is 5.56 Å². The number of hydrogen-bond donors (Lipinski definition) is 1. The average molecular weight is 137 g/mol. The van der Waals surface area contributed by atoms with Gasteiger partial charge in [0.05, 0.1) is 6.61 Å². The summed E-state index contributed by atoms with van der Waals surface area (Å²) >= 11 is 0. The minimum atomic E-state index is -0.0925. The average Bonchev–Trinajstić information content (AvgIpc) is 1.95. The summed E-state index contributed by atoms with van der Waals surface area (Å²) in [5, 5.41) is 19.0. The molecule has 1 rings (SSSR count). The van der Waals surface area contributed by atoms with Crippen LogP contribution in [0.15, 0.2) is 24.3 Å². The van der Waals surface area contributed by atoms with Crippen LogP contribution in [0.3, 0.4) is 0 Å². The molecule has 10 heavy (non-hydrogen) atoms. The summed E-state index contributed by atoms with van der Waals surface area (Å²) < 4.78 is 0. The van der Waals surface area contributed by atoms with Crippen molar-refractivity contribution < 1.29 is 10.2 Å². The van der Waals surface area contributed by atoms with Crippen LogP contribution >= 0.6 is 0 Å². The van der Waals surface area contributed by atoms with Crippen molar-refractivity contribution in [2.45, 2.75) is 6.42 Å². The molecule has 0 aliphatic heterocycles. The Labute approximate surface area is 59.7 Å². The topological polar surface area (TPSA) is 40.1 Å². The molecule has 0 saturated carbocycles. The summed E-state index contributed by atoms with van der Waals surface area (Å²) in [5.41, 5.74) is 0.979. The standard InChI is InChI=1S/C8H9O2/c9-6-5-7-1-3-8(10)4-2-7/h1-4,10H,5-6H2. The van der Waals surface area contributed by atoms with E-state index in [1.54, 1.807) is 24.3 Å². The van der Waals surface area contributed by atoms with Crippen LogP contribution in [-0.4, -0.2) is 11.7 Å². The van der Waals surface area contributed by atoms with Crippen LogP contribution in [0.2, 0.25) is 0 Å². The highest BCUT2D eigenvalue weighted by molar-refractivity contribution is 5.25. The quantitative estimate of drug-likeness (QED) is 0.657. The fourth-order valence-electron chi connectivity index (χ4n) is 0.780. The molecule has 53 valence electrons. The van der Waals surface area contributed by atoms with Gasteiger partial charge in [0.2, 0.25) is 0 Å². The van der Waals surface area contributed by atoms with Crippen molar-refractivity contribution in [2.24, 2.45) is 0 Å². The molecule has 0 heterocycles. The molecule has 2 heteroatoms. The van der Waals surface area contributed by atoms with E-state index >= 15 is 0 Å². The Bertz CT molecular complexity index is 191. The smallest absolute Gasteiger partial charge is 0.115 e.